The lowest BCUT2D eigenvalue weighted by Crippen LogP contribution is -2.37. The van der Waals surface area contributed by atoms with E-state index in [1.54, 1.807) is 30.5 Å². The maximum Gasteiger partial charge on any atom is 0.573 e. The fourth-order valence-corrected chi connectivity index (χ4v) is 3.88. The Labute approximate surface area is 217 Å². The smallest absolute Gasteiger partial charge is 0.491 e. The number of ether oxygens (including phenoxy) is 2. The van der Waals surface area contributed by atoms with Crippen molar-refractivity contribution in [3.63, 3.8) is 0 Å². The highest BCUT2D eigenvalue weighted by molar-refractivity contribution is 5.94. The number of hydrogen-bond donors (Lipinski definition) is 2. The normalized spacial score (nSPS) is 11.6. The lowest BCUT2D eigenvalue weighted by molar-refractivity contribution is -0.274. The number of aromatic nitrogens is 3. The summed E-state index contributed by atoms with van der Waals surface area (Å²) in [4.78, 5) is 26.2. The first kappa shape index (κ1) is 26.9. The number of halogens is 3. The number of carbonyl (C=O) groups is 1. The number of aromatic amines is 1. The standard InChI is InChI=1S/C27H28F3N5O3/c1-2-13-35(14-12-31-26(36)19-6-4-3-5-7-19)15-16-37-21-9-11-23(32-18-21)25-33-22-10-8-20(17-24(22)34-25)38-27(28,29)30/h3-11,17-18H,2,12-16H2,1H3,(H,31,36)(H,33,34). The van der Waals surface area contributed by atoms with E-state index in [2.05, 4.69) is 36.8 Å². The zero-order valence-corrected chi connectivity index (χ0v) is 20.8. The number of H-pyrrole nitrogens is 1. The first-order chi connectivity index (χ1) is 18.3. The molecule has 1 amide bonds. The van der Waals surface area contributed by atoms with Gasteiger partial charge in [0, 0.05) is 31.3 Å². The molecule has 0 atom stereocenters. The van der Waals surface area contributed by atoms with Gasteiger partial charge in [0.05, 0.1) is 17.2 Å². The third-order valence-corrected chi connectivity index (χ3v) is 5.63. The molecule has 0 fully saturated rings. The molecule has 4 aromatic rings. The van der Waals surface area contributed by atoms with Gasteiger partial charge in [0.15, 0.2) is 5.82 Å². The molecular formula is C27H28F3N5O3. The van der Waals surface area contributed by atoms with Crippen molar-refractivity contribution in [2.45, 2.75) is 19.7 Å². The Bertz CT molecular complexity index is 1330. The zero-order chi connectivity index (χ0) is 27.0. The van der Waals surface area contributed by atoms with Crippen LogP contribution in [0.5, 0.6) is 11.5 Å². The molecule has 0 aliphatic rings. The largest absolute Gasteiger partial charge is 0.573 e. The van der Waals surface area contributed by atoms with Gasteiger partial charge in [-0.1, -0.05) is 25.1 Å². The molecule has 0 saturated heterocycles. The number of benzene rings is 2. The second-order valence-electron chi connectivity index (χ2n) is 8.50. The number of alkyl halides is 3. The average Bonchev–Trinajstić information content (AvgIpc) is 3.32. The Balaban J connectivity index is 1.27. The average molecular weight is 528 g/mol. The van der Waals surface area contributed by atoms with Gasteiger partial charge in [0.25, 0.3) is 5.91 Å². The van der Waals surface area contributed by atoms with E-state index in [1.807, 2.05) is 18.2 Å². The zero-order valence-electron chi connectivity index (χ0n) is 20.8. The number of amides is 1. The molecule has 0 saturated carbocycles. The molecule has 8 nitrogen and oxygen atoms in total. The summed E-state index contributed by atoms with van der Waals surface area (Å²) in [5, 5.41) is 2.94. The minimum atomic E-state index is -4.76. The summed E-state index contributed by atoms with van der Waals surface area (Å²) in [6.07, 6.45) is -2.21. The third-order valence-electron chi connectivity index (χ3n) is 5.63. The molecule has 38 heavy (non-hydrogen) atoms. The number of hydrogen-bond acceptors (Lipinski definition) is 6. The van der Waals surface area contributed by atoms with Crippen molar-refractivity contribution in [2.24, 2.45) is 0 Å². The SMILES string of the molecule is CCCN(CCNC(=O)c1ccccc1)CCOc1ccc(-c2nc3ccc(OC(F)(F)F)cc3[nH]2)nc1. The highest BCUT2D eigenvalue weighted by Gasteiger charge is 2.31. The van der Waals surface area contributed by atoms with Crippen LogP contribution in [0.2, 0.25) is 0 Å². The van der Waals surface area contributed by atoms with Gasteiger partial charge in [0.2, 0.25) is 0 Å². The van der Waals surface area contributed by atoms with E-state index in [9.17, 15) is 18.0 Å². The second-order valence-corrected chi connectivity index (χ2v) is 8.50. The van der Waals surface area contributed by atoms with Crippen LogP contribution >= 0.6 is 0 Å². The predicted molar refractivity (Wildman–Crippen MR) is 137 cm³/mol. The van der Waals surface area contributed by atoms with E-state index in [0.29, 0.717) is 60.1 Å². The molecule has 0 aliphatic carbocycles. The molecule has 0 aliphatic heterocycles. The summed E-state index contributed by atoms with van der Waals surface area (Å²) in [6.45, 7) is 5.34. The summed E-state index contributed by atoms with van der Waals surface area (Å²) in [6, 6.07) is 16.5. The van der Waals surface area contributed by atoms with E-state index >= 15 is 0 Å². The van der Waals surface area contributed by atoms with Gasteiger partial charge >= 0.3 is 6.36 Å². The molecule has 4 rings (SSSR count). The molecule has 2 aromatic carbocycles. The molecule has 11 heteroatoms. The summed E-state index contributed by atoms with van der Waals surface area (Å²) < 4.78 is 47.2. The number of carbonyl (C=O) groups excluding carboxylic acids is 1. The van der Waals surface area contributed by atoms with Crippen LogP contribution in [-0.2, 0) is 0 Å². The fraction of sp³-hybridized carbons (Fsp3) is 0.296. The molecule has 200 valence electrons. The lowest BCUT2D eigenvalue weighted by Gasteiger charge is -2.22. The van der Waals surface area contributed by atoms with Crippen molar-refractivity contribution in [1.82, 2.24) is 25.2 Å². The van der Waals surface area contributed by atoms with E-state index in [0.717, 1.165) is 13.0 Å². The fourth-order valence-electron chi connectivity index (χ4n) is 3.88. The summed E-state index contributed by atoms with van der Waals surface area (Å²) in [7, 11) is 0. The maximum absolute atomic E-state index is 12.5. The van der Waals surface area contributed by atoms with Crippen LogP contribution in [0.15, 0.2) is 66.9 Å². The molecule has 0 radical (unpaired) electrons. The van der Waals surface area contributed by atoms with Gasteiger partial charge in [-0.25, -0.2) is 9.97 Å². The first-order valence-corrected chi connectivity index (χ1v) is 12.2. The number of nitrogens with zero attached hydrogens (tertiary/aromatic N) is 3. The van der Waals surface area contributed by atoms with E-state index in [1.165, 1.54) is 18.2 Å². The van der Waals surface area contributed by atoms with Gasteiger partial charge < -0.3 is 19.8 Å². The van der Waals surface area contributed by atoms with Crippen LogP contribution in [0, 0.1) is 0 Å². The Morgan fingerprint density at radius 3 is 2.53 bits per heavy atom. The number of rotatable bonds is 12. The molecular weight excluding hydrogens is 499 g/mol. The van der Waals surface area contributed by atoms with Crippen LogP contribution in [0.25, 0.3) is 22.6 Å². The van der Waals surface area contributed by atoms with Crippen molar-refractivity contribution < 1.29 is 27.4 Å². The number of nitrogens with one attached hydrogen (secondary N) is 2. The van der Waals surface area contributed by atoms with Crippen molar-refractivity contribution in [2.75, 3.05) is 32.8 Å². The summed E-state index contributed by atoms with van der Waals surface area (Å²) >= 11 is 0. The number of fused-ring (bicyclic) bond motifs is 1. The van der Waals surface area contributed by atoms with Gasteiger partial charge in [0.1, 0.15) is 23.8 Å². The van der Waals surface area contributed by atoms with Crippen molar-refractivity contribution >= 4 is 16.9 Å². The second kappa shape index (κ2) is 12.4. The highest BCUT2D eigenvalue weighted by atomic mass is 19.4. The van der Waals surface area contributed by atoms with Gasteiger partial charge in [-0.05, 0) is 49.4 Å². The van der Waals surface area contributed by atoms with E-state index in [-0.39, 0.29) is 11.7 Å². The third kappa shape index (κ3) is 7.69. The van der Waals surface area contributed by atoms with Crippen molar-refractivity contribution in [3.8, 4) is 23.0 Å². The molecule has 0 unspecified atom stereocenters. The molecule has 0 spiro atoms. The Hall–Kier alpha value is -4.12. The monoisotopic (exact) mass is 527 g/mol. The Kier molecular flexibility index (Phi) is 8.80. The summed E-state index contributed by atoms with van der Waals surface area (Å²) in [5.41, 5.74) is 2.05. The van der Waals surface area contributed by atoms with Crippen LogP contribution in [0.3, 0.4) is 0 Å². The van der Waals surface area contributed by atoms with Gasteiger partial charge in [-0.3, -0.25) is 9.69 Å². The number of pyridine rings is 1. The van der Waals surface area contributed by atoms with Crippen LogP contribution < -0.4 is 14.8 Å². The maximum atomic E-state index is 12.5. The predicted octanol–water partition coefficient (Wildman–Crippen LogP) is 5.04. The number of imidazole rings is 1. The van der Waals surface area contributed by atoms with Crippen molar-refractivity contribution in [1.29, 1.82) is 0 Å². The minimum Gasteiger partial charge on any atom is -0.491 e. The quantitative estimate of drug-likeness (QED) is 0.268. The molecule has 2 heterocycles. The molecule has 2 aromatic heterocycles. The first-order valence-electron chi connectivity index (χ1n) is 12.2. The van der Waals surface area contributed by atoms with E-state index < -0.39 is 6.36 Å². The van der Waals surface area contributed by atoms with Crippen LogP contribution in [0.4, 0.5) is 13.2 Å². The Morgan fingerprint density at radius 1 is 1.03 bits per heavy atom. The highest BCUT2D eigenvalue weighted by Crippen LogP contribution is 2.27. The van der Waals surface area contributed by atoms with Crippen LogP contribution in [0.1, 0.15) is 23.7 Å². The van der Waals surface area contributed by atoms with Gasteiger partial charge in [-0.15, -0.1) is 13.2 Å². The molecule has 2 N–H and O–H groups in total. The minimum absolute atomic E-state index is 0.0935. The van der Waals surface area contributed by atoms with E-state index in [4.69, 9.17) is 4.74 Å². The Morgan fingerprint density at radius 2 is 1.82 bits per heavy atom. The summed E-state index contributed by atoms with van der Waals surface area (Å²) in [5.74, 6) is 0.582. The van der Waals surface area contributed by atoms with Crippen LogP contribution in [-0.4, -0.2) is 64.9 Å². The molecule has 0 bridgehead atoms. The van der Waals surface area contributed by atoms with Gasteiger partial charge in [-0.2, -0.15) is 0 Å². The topological polar surface area (TPSA) is 92.4 Å². The van der Waals surface area contributed by atoms with Crippen molar-refractivity contribution in [3.05, 3.63) is 72.4 Å². The lowest BCUT2D eigenvalue weighted by atomic mass is 10.2.